The van der Waals surface area contributed by atoms with Gasteiger partial charge in [-0.25, -0.2) is 4.57 Å². The third-order valence-corrected chi connectivity index (χ3v) is 13.6. The van der Waals surface area contributed by atoms with Crippen molar-refractivity contribution in [3.8, 4) is 0 Å². The summed E-state index contributed by atoms with van der Waals surface area (Å²) >= 11 is 0. The van der Waals surface area contributed by atoms with E-state index in [1.807, 2.05) is 0 Å². The van der Waals surface area contributed by atoms with Crippen LogP contribution in [0.25, 0.3) is 0 Å². The van der Waals surface area contributed by atoms with Crippen LogP contribution in [0, 0.1) is 0 Å². The first-order valence-corrected chi connectivity index (χ1v) is 33.1. The van der Waals surface area contributed by atoms with Crippen LogP contribution in [0.1, 0.15) is 232 Å². The Labute approximate surface area is 495 Å². The molecule has 0 aromatic carbocycles. The Kier molecular flexibility index (Phi) is 60.8. The van der Waals surface area contributed by atoms with E-state index in [0.717, 1.165) is 141 Å². The minimum Gasteiger partial charge on any atom is -0.462 e. The van der Waals surface area contributed by atoms with Gasteiger partial charge in [0, 0.05) is 19.4 Å². The van der Waals surface area contributed by atoms with Crippen LogP contribution in [-0.2, 0) is 32.7 Å². The molecule has 0 fully saturated rings. The molecule has 0 aromatic rings. The van der Waals surface area contributed by atoms with Crippen LogP contribution in [-0.4, -0.2) is 49.3 Å². The standard InChI is InChI=1S/C71H114NO8P/c1-3-5-7-9-11-13-15-17-19-21-23-25-26-27-28-29-30-31-32-33-34-35-36-37-38-39-40-41-42-44-46-48-50-52-54-56-58-60-62-64-71(74)80-69(68-79-81(75,76)78-66-65-72)67-77-70(73)63-61-59-57-55-53-51-49-47-45-43-24-22-20-18-16-14-12-10-8-6-4-2/h5-8,11-14,17-20,23-25,27-28,30-31,33-34,36-37,39-40,42-44,69H,3-4,9-10,15-16,21-22,26,29,32,35,38,41,45-68,72H2,1-2H3,(H,75,76)/b7-5-,8-6-,13-11-,14-12-,19-17-,20-18-,25-23-,28-27-,31-30-,34-33-,37-36-,40-39-,43-24-,44-42-. The maximum Gasteiger partial charge on any atom is 0.472 e. The minimum atomic E-state index is -4.41. The zero-order valence-corrected chi connectivity index (χ0v) is 51.8. The Morgan fingerprint density at radius 2 is 0.642 bits per heavy atom. The van der Waals surface area contributed by atoms with E-state index < -0.39 is 32.5 Å². The highest BCUT2D eigenvalue weighted by atomic mass is 31.2. The predicted octanol–water partition coefficient (Wildman–Crippen LogP) is 20.6. The number of ether oxygens (including phenoxy) is 2. The molecule has 0 saturated carbocycles. The molecule has 2 unspecified atom stereocenters. The van der Waals surface area contributed by atoms with Gasteiger partial charge in [0.25, 0.3) is 0 Å². The average molecular weight is 1140 g/mol. The molecule has 2 atom stereocenters. The van der Waals surface area contributed by atoms with Crippen LogP contribution < -0.4 is 5.73 Å². The highest BCUT2D eigenvalue weighted by Crippen LogP contribution is 2.43. The molecule has 9 nitrogen and oxygen atoms in total. The van der Waals surface area contributed by atoms with E-state index in [1.54, 1.807) is 0 Å². The highest BCUT2D eigenvalue weighted by molar-refractivity contribution is 7.47. The molecule has 456 valence electrons. The Morgan fingerprint density at radius 3 is 0.951 bits per heavy atom. The van der Waals surface area contributed by atoms with E-state index in [1.165, 1.54) is 51.4 Å². The molecule has 0 amide bonds. The van der Waals surface area contributed by atoms with Crippen molar-refractivity contribution in [3.05, 3.63) is 170 Å². The third kappa shape index (κ3) is 64.4. The summed E-state index contributed by atoms with van der Waals surface area (Å²) in [6.45, 7) is 3.48. The van der Waals surface area contributed by atoms with Crippen LogP contribution in [0.15, 0.2) is 170 Å². The average Bonchev–Trinajstić information content (AvgIpc) is 3.46. The second kappa shape index (κ2) is 64.5. The van der Waals surface area contributed by atoms with Gasteiger partial charge in [-0.05, 0) is 128 Å². The fourth-order valence-corrected chi connectivity index (χ4v) is 8.77. The monoisotopic (exact) mass is 1140 g/mol. The second-order valence-electron chi connectivity index (χ2n) is 20.2. The lowest BCUT2D eigenvalue weighted by Gasteiger charge is -2.19. The SMILES string of the molecule is CC/C=C\C/C=C\C/C=C\C/C=C\C/C=C\C/C=C\C/C=C\C/C=C\C/C=C\C/C=C\CCCCCCCCCCC(=O)OC(COC(=O)CCCCCCCCCC/C=C\C/C=C\C/C=C\C/C=C\CC)COP(=O)(O)OCCN. The summed E-state index contributed by atoms with van der Waals surface area (Å²) < 4.78 is 33.1. The molecule has 0 aliphatic rings. The van der Waals surface area contributed by atoms with Crippen LogP contribution in [0.5, 0.6) is 0 Å². The predicted molar refractivity (Wildman–Crippen MR) is 348 cm³/mol. The minimum absolute atomic E-state index is 0.0418. The fourth-order valence-electron chi connectivity index (χ4n) is 8.01. The van der Waals surface area contributed by atoms with Gasteiger partial charge in [-0.15, -0.1) is 0 Å². The number of carbonyl (C=O) groups is 2. The zero-order valence-electron chi connectivity index (χ0n) is 50.9. The molecular weight excluding hydrogens is 1030 g/mol. The molecule has 0 radical (unpaired) electrons. The first-order chi connectivity index (χ1) is 39.8. The number of allylic oxidation sites excluding steroid dienone is 28. The molecule has 10 heteroatoms. The van der Waals surface area contributed by atoms with Gasteiger partial charge in [0.2, 0.25) is 0 Å². The second-order valence-corrected chi connectivity index (χ2v) is 21.6. The highest BCUT2D eigenvalue weighted by Gasteiger charge is 2.26. The lowest BCUT2D eigenvalue weighted by atomic mass is 10.1. The Bertz CT molecular complexity index is 1930. The molecule has 0 aliphatic carbocycles. The Hall–Kier alpha value is -4.63. The smallest absolute Gasteiger partial charge is 0.462 e. The van der Waals surface area contributed by atoms with Gasteiger partial charge in [-0.1, -0.05) is 261 Å². The van der Waals surface area contributed by atoms with Crippen LogP contribution in [0.3, 0.4) is 0 Å². The van der Waals surface area contributed by atoms with Crippen molar-refractivity contribution in [3.63, 3.8) is 0 Å². The number of rotatable bonds is 57. The number of nitrogens with two attached hydrogens (primary N) is 1. The van der Waals surface area contributed by atoms with E-state index >= 15 is 0 Å². The van der Waals surface area contributed by atoms with Gasteiger partial charge >= 0.3 is 19.8 Å². The zero-order chi connectivity index (χ0) is 58.7. The number of phosphoric acid groups is 1. The third-order valence-electron chi connectivity index (χ3n) is 12.6. The first kappa shape index (κ1) is 76.4. The fraction of sp³-hybridized carbons (Fsp3) is 0.577. The normalized spacial score (nSPS) is 14.2. The van der Waals surface area contributed by atoms with E-state index in [2.05, 4.69) is 184 Å². The Balaban J connectivity index is 4.02. The molecule has 0 bridgehead atoms. The van der Waals surface area contributed by atoms with Crippen LogP contribution in [0.4, 0.5) is 0 Å². The number of unbranched alkanes of at least 4 members (excludes halogenated alkanes) is 16. The number of esters is 2. The van der Waals surface area contributed by atoms with Gasteiger partial charge in [0.05, 0.1) is 13.2 Å². The lowest BCUT2D eigenvalue weighted by molar-refractivity contribution is -0.161. The molecule has 0 aliphatic heterocycles. The number of hydrogen-bond acceptors (Lipinski definition) is 8. The van der Waals surface area contributed by atoms with Crippen LogP contribution >= 0.6 is 7.82 Å². The van der Waals surface area contributed by atoms with Crippen molar-refractivity contribution >= 4 is 19.8 Å². The van der Waals surface area contributed by atoms with E-state index in [9.17, 15) is 19.0 Å². The van der Waals surface area contributed by atoms with E-state index in [-0.39, 0.29) is 32.6 Å². The maximum absolute atomic E-state index is 12.7. The summed E-state index contributed by atoms with van der Waals surface area (Å²) in [7, 11) is -4.41. The van der Waals surface area contributed by atoms with Gasteiger partial charge in [-0.2, -0.15) is 0 Å². The number of phosphoric ester groups is 1. The molecule has 0 spiro atoms. The number of hydrogen-bond donors (Lipinski definition) is 2. The molecule has 0 saturated heterocycles. The summed E-state index contributed by atoms with van der Waals surface area (Å²) in [4.78, 5) is 35.3. The largest absolute Gasteiger partial charge is 0.472 e. The van der Waals surface area contributed by atoms with Crippen LogP contribution in [0.2, 0.25) is 0 Å². The maximum atomic E-state index is 12.7. The van der Waals surface area contributed by atoms with Crippen molar-refractivity contribution in [1.29, 1.82) is 0 Å². The molecule has 0 aromatic heterocycles. The summed E-state index contributed by atoms with van der Waals surface area (Å²) in [5.74, 6) is -0.858. The van der Waals surface area contributed by atoms with E-state index in [4.69, 9.17) is 24.3 Å². The summed E-state index contributed by atoms with van der Waals surface area (Å²) in [5.41, 5.74) is 5.39. The summed E-state index contributed by atoms with van der Waals surface area (Å²) in [5, 5.41) is 0. The lowest BCUT2D eigenvalue weighted by Crippen LogP contribution is -2.29. The van der Waals surface area contributed by atoms with E-state index in [0.29, 0.717) is 12.8 Å². The topological polar surface area (TPSA) is 134 Å². The van der Waals surface area contributed by atoms with Gasteiger partial charge < -0.3 is 20.1 Å². The van der Waals surface area contributed by atoms with Gasteiger partial charge in [-0.3, -0.25) is 18.6 Å². The summed E-state index contributed by atoms with van der Waals surface area (Å²) in [6.07, 6.45) is 95.6. The molecular formula is C71H114NO8P. The quantitative estimate of drug-likeness (QED) is 0.0264. The van der Waals surface area contributed by atoms with Crippen molar-refractivity contribution in [1.82, 2.24) is 0 Å². The molecule has 0 heterocycles. The molecule has 0 rings (SSSR count). The first-order valence-electron chi connectivity index (χ1n) is 31.6. The summed E-state index contributed by atoms with van der Waals surface area (Å²) in [6, 6.07) is 0. The molecule has 3 N–H and O–H groups in total. The number of carbonyl (C=O) groups excluding carboxylic acids is 2. The van der Waals surface area contributed by atoms with Crippen molar-refractivity contribution in [2.45, 2.75) is 238 Å². The van der Waals surface area contributed by atoms with Gasteiger partial charge in [0.15, 0.2) is 6.10 Å². The Morgan fingerprint density at radius 1 is 0.370 bits per heavy atom. The van der Waals surface area contributed by atoms with Gasteiger partial charge in [0.1, 0.15) is 6.61 Å². The van der Waals surface area contributed by atoms with Crippen molar-refractivity contribution < 1.29 is 37.6 Å². The molecule has 81 heavy (non-hydrogen) atoms. The van der Waals surface area contributed by atoms with Crippen molar-refractivity contribution in [2.24, 2.45) is 5.73 Å². The van der Waals surface area contributed by atoms with Crippen molar-refractivity contribution in [2.75, 3.05) is 26.4 Å².